The average Bonchev–Trinajstić information content (AvgIpc) is 3.42. The monoisotopic (exact) mass is 439 g/mol. The van der Waals surface area contributed by atoms with Crippen LogP contribution in [-0.4, -0.2) is 51.5 Å². The van der Waals surface area contributed by atoms with Gasteiger partial charge >= 0.3 is 0 Å². The third kappa shape index (κ3) is 4.23. The van der Waals surface area contributed by atoms with E-state index >= 15 is 0 Å². The third-order valence-electron chi connectivity index (χ3n) is 5.32. The van der Waals surface area contributed by atoms with Crippen LogP contribution in [0.4, 0.5) is 10.1 Å². The van der Waals surface area contributed by atoms with Gasteiger partial charge in [0.05, 0.1) is 17.1 Å². The van der Waals surface area contributed by atoms with Gasteiger partial charge in [-0.15, -0.1) is 0 Å². The molecule has 1 aliphatic heterocycles. The minimum Gasteiger partial charge on any atom is -0.382 e. The molecule has 9 heteroatoms. The van der Waals surface area contributed by atoms with E-state index in [1.165, 1.54) is 6.07 Å². The Hall–Kier alpha value is -3.07. The summed E-state index contributed by atoms with van der Waals surface area (Å²) in [6.07, 6.45) is 2.67. The molecule has 2 aromatic heterocycles. The van der Waals surface area contributed by atoms with E-state index in [0.29, 0.717) is 11.4 Å². The van der Waals surface area contributed by atoms with Crippen molar-refractivity contribution >= 4 is 29.6 Å². The lowest BCUT2D eigenvalue weighted by Gasteiger charge is -2.29. The normalized spacial score (nSPS) is 15.0. The number of H-pyrrole nitrogens is 1. The van der Waals surface area contributed by atoms with Crippen LogP contribution < -0.4 is 10.6 Å². The summed E-state index contributed by atoms with van der Waals surface area (Å²) in [4.78, 5) is 9.39. The molecule has 0 unspecified atom stereocenters. The van der Waals surface area contributed by atoms with E-state index in [4.69, 9.17) is 11.1 Å². The van der Waals surface area contributed by atoms with Crippen LogP contribution in [0.15, 0.2) is 41.5 Å². The Morgan fingerprint density at radius 2 is 2.06 bits per heavy atom. The summed E-state index contributed by atoms with van der Waals surface area (Å²) in [7, 11) is 0. The fraction of sp³-hybridized carbons (Fsp3) is 0.318. The molecule has 4 N–H and O–H groups in total. The number of hydrogen-bond acceptors (Lipinski definition) is 4. The lowest BCUT2D eigenvalue weighted by molar-refractivity contribution is 0.538. The van der Waals surface area contributed by atoms with E-state index in [0.717, 1.165) is 53.4 Å². The first-order valence-electron chi connectivity index (χ1n) is 10.2. The molecule has 0 saturated carbocycles. The van der Waals surface area contributed by atoms with Crippen LogP contribution in [0.25, 0.3) is 22.5 Å². The van der Waals surface area contributed by atoms with Gasteiger partial charge in [0.25, 0.3) is 0 Å². The Balaban J connectivity index is 1.82. The predicted molar refractivity (Wildman–Crippen MR) is 127 cm³/mol. The highest BCUT2D eigenvalue weighted by atomic mass is 32.2. The van der Waals surface area contributed by atoms with Crippen molar-refractivity contribution in [3.63, 3.8) is 0 Å². The summed E-state index contributed by atoms with van der Waals surface area (Å²) in [5.41, 5.74) is 10.8. The fourth-order valence-corrected chi connectivity index (χ4v) is 4.72. The van der Waals surface area contributed by atoms with Crippen molar-refractivity contribution in [3.05, 3.63) is 48.0 Å². The first-order valence-corrected chi connectivity index (χ1v) is 11.4. The maximum absolute atomic E-state index is 14.6. The van der Waals surface area contributed by atoms with Gasteiger partial charge in [-0.1, -0.05) is 0 Å². The first kappa shape index (κ1) is 21.2. The van der Waals surface area contributed by atoms with Crippen molar-refractivity contribution in [2.75, 3.05) is 29.5 Å². The van der Waals surface area contributed by atoms with Crippen molar-refractivity contribution in [2.24, 2.45) is 10.7 Å². The number of nitrogens with zero attached hydrogens (tertiary/aromatic N) is 4. The van der Waals surface area contributed by atoms with Gasteiger partial charge in [-0.05, 0) is 44.2 Å². The van der Waals surface area contributed by atoms with Gasteiger partial charge in [-0.2, -0.15) is 16.9 Å². The van der Waals surface area contributed by atoms with Gasteiger partial charge < -0.3 is 15.6 Å². The number of halogens is 1. The van der Waals surface area contributed by atoms with Gasteiger partial charge in [-0.3, -0.25) is 10.1 Å². The lowest BCUT2D eigenvalue weighted by Crippen LogP contribution is -2.33. The van der Waals surface area contributed by atoms with Crippen LogP contribution in [0.5, 0.6) is 0 Å². The molecular formula is C22H26FN7S. The topological polar surface area (TPSA) is 99.1 Å². The Kier molecular flexibility index (Phi) is 6.13. The van der Waals surface area contributed by atoms with Crippen LogP contribution in [0.2, 0.25) is 0 Å². The number of rotatable bonds is 6. The van der Waals surface area contributed by atoms with Crippen molar-refractivity contribution in [1.29, 1.82) is 5.41 Å². The summed E-state index contributed by atoms with van der Waals surface area (Å²) in [6.45, 7) is 5.78. The van der Waals surface area contributed by atoms with Gasteiger partial charge in [0.2, 0.25) is 0 Å². The zero-order valence-corrected chi connectivity index (χ0v) is 18.4. The number of hydrogen-bond donors (Lipinski definition) is 3. The van der Waals surface area contributed by atoms with Gasteiger partial charge in [0.15, 0.2) is 0 Å². The molecule has 7 nitrogen and oxygen atoms in total. The molecule has 0 atom stereocenters. The standard InChI is InChI=1S/C22H26FN7S/c1-14(2)30-19(5-6-27-30)16-12-18(28-21(16)22(25)26-13-24)15-3-4-17(23)20(11-15)29-7-9-31-10-8-29/h3-6,11-14,28H,7-10H2,1-2H3,(H3,24,25,26). The maximum Gasteiger partial charge on any atom is 0.149 e. The van der Waals surface area contributed by atoms with Crippen molar-refractivity contribution in [2.45, 2.75) is 19.9 Å². The van der Waals surface area contributed by atoms with Gasteiger partial charge in [0.1, 0.15) is 18.0 Å². The molecule has 31 heavy (non-hydrogen) atoms. The van der Waals surface area contributed by atoms with E-state index in [1.54, 1.807) is 12.3 Å². The highest BCUT2D eigenvalue weighted by Gasteiger charge is 2.20. The molecule has 0 radical (unpaired) electrons. The molecule has 3 aromatic rings. The van der Waals surface area contributed by atoms with Crippen LogP contribution in [0.1, 0.15) is 25.6 Å². The van der Waals surface area contributed by atoms with Crippen LogP contribution >= 0.6 is 11.8 Å². The minimum absolute atomic E-state index is 0.159. The second-order valence-electron chi connectivity index (χ2n) is 7.64. The van der Waals surface area contributed by atoms with E-state index in [1.807, 2.05) is 34.6 Å². The predicted octanol–water partition coefficient (Wildman–Crippen LogP) is 4.13. The smallest absolute Gasteiger partial charge is 0.149 e. The summed E-state index contributed by atoms with van der Waals surface area (Å²) in [5.74, 6) is 1.99. The van der Waals surface area contributed by atoms with E-state index in [9.17, 15) is 4.39 Å². The third-order valence-corrected chi connectivity index (χ3v) is 6.26. The SMILES string of the molecule is CC(C)n1nccc1-c1cc(-c2ccc(F)c(N3CCSCC3)c2)[nH]c1C(N)=NC=N. The number of nitrogens with one attached hydrogen (secondary N) is 2. The zero-order valence-electron chi connectivity index (χ0n) is 17.6. The lowest BCUT2D eigenvalue weighted by atomic mass is 10.1. The second-order valence-corrected chi connectivity index (χ2v) is 8.86. The Morgan fingerprint density at radius 1 is 1.29 bits per heavy atom. The molecule has 3 heterocycles. The zero-order chi connectivity index (χ0) is 22.0. The second kappa shape index (κ2) is 8.97. The average molecular weight is 440 g/mol. The number of aromatic nitrogens is 3. The summed E-state index contributed by atoms with van der Waals surface area (Å²) in [5, 5.41) is 11.7. The van der Waals surface area contributed by atoms with Crippen LogP contribution in [0.3, 0.4) is 0 Å². The summed E-state index contributed by atoms with van der Waals surface area (Å²) < 4.78 is 16.5. The number of aromatic amines is 1. The number of benzene rings is 1. The Bertz CT molecular complexity index is 1110. The Labute approximate surface area is 185 Å². The molecule has 0 bridgehead atoms. The highest BCUT2D eigenvalue weighted by molar-refractivity contribution is 7.99. The van der Waals surface area contributed by atoms with E-state index in [2.05, 4.69) is 33.8 Å². The molecule has 0 spiro atoms. The summed E-state index contributed by atoms with van der Waals surface area (Å²) >= 11 is 1.89. The van der Waals surface area contributed by atoms with Crippen molar-refractivity contribution in [1.82, 2.24) is 14.8 Å². The van der Waals surface area contributed by atoms with E-state index < -0.39 is 0 Å². The molecule has 1 fully saturated rings. The molecule has 1 aliphatic rings. The van der Waals surface area contributed by atoms with Crippen molar-refractivity contribution < 1.29 is 4.39 Å². The van der Waals surface area contributed by atoms with E-state index in [-0.39, 0.29) is 17.7 Å². The van der Waals surface area contributed by atoms with Crippen LogP contribution in [0, 0.1) is 11.2 Å². The quantitative estimate of drug-likeness (QED) is 0.397. The number of aliphatic imine (C=N–C) groups is 1. The van der Waals surface area contributed by atoms with Crippen molar-refractivity contribution in [3.8, 4) is 22.5 Å². The number of nitrogens with two attached hydrogens (primary N) is 1. The van der Waals surface area contributed by atoms with Crippen LogP contribution in [-0.2, 0) is 0 Å². The number of amidine groups is 1. The maximum atomic E-state index is 14.6. The molecule has 1 saturated heterocycles. The van der Waals surface area contributed by atoms with Gasteiger partial charge in [0, 0.05) is 53.7 Å². The summed E-state index contributed by atoms with van der Waals surface area (Å²) in [6, 6.07) is 9.23. The molecule has 4 rings (SSSR count). The largest absolute Gasteiger partial charge is 0.382 e. The Morgan fingerprint density at radius 3 is 2.77 bits per heavy atom. The number of anilines is 1. The molecule has 0 aliphatic carbocycles. The highest BCUT2D eigenvalue weighted by Crippen LogP contribution is 2.33. The molecule has 162 valence electrons. The molecule has 1 aromatic carbocycles. The molecule has 0 amide bonds. The minimum atomic E-state index is -0.217. The number of thioether (sulfide) groups is 1. The fourth-order valence-electron chi connectivity index (χ4n) is 3.81. The molecular weight excluding hydrogens is 413 g/mol. The first-order chi connectivity index (χ1) is 15.0. The van der Waals surface area contributed by atoms with Gasteiger partial charge in [-0.25, -0.2) is 9.38 Å².